The van der Waals surface area contributed by atoms with Crippen molar-refractivity contribution in [2.45, 2.75) is 59.4 Å². The van der Waals surface area contributed by atoms with E-state index in [4.69, 9.17) is 0 Å². The van der Waals surface area contributed by atoms with Gasteiger partial charge >= 0.3 is 0 Å². The maximum Gasteiger partial charge on any atom is 0.243 e. The van der Waals surface area contributed by atoms with Crippen molar-refractivity contribution < 1.29 is 8.42 Å². The lowest BCUT2D eigenvalue weighted by atomic mass is 9.88. The van der Waals surface area contributed by atoms with Gasteiger partial charge in [-0.1, -0.05) is 53.7 Å². The minimum atomic E-state index is -3.32. The Bertz CT molecular complexity index is 634. The van der Waals surface area contributed by atoms with Gasteiger partial charge in [0.25, 0.3) is 0 Å². The van der Waals surface area contributed by atoms with Crippen molar-refractivity contribution in [2.24, 2.45) is 10.8 Å². The number of sulfonamides is 1. The summed E-state index contributed by atoms with van der Waals surface area (Å²) in [6.07, 6.45) is 0.884. The number of benzene rings is 1. The minimum Gasteiger partial charge on any atom is -0.207 e. The maximum absolute atomic E-state index is 12.7. The van der Waals surface area contributed by atoms with Crippen molar-refractivity contribution >= 4 is 10.0 Å². The molecule has 1 heterocycles. The van der Waals surface area contributed by atoms with Crippen LogP contribution in [0.25, 0.3) is 0 Å². The van der Waals surface area contributed by atoms with E-state index in [0.29, 0.717) is 18.0 Å². The van der Waals surface area contributed by atoms with E-state index in [9.17, 15) is 8.42 Å². The van der Waals surface area contributed by atoms with Gasteiger partial charge in [0.05, 0.1) is 4.90 Å². The van der Waals surface area contributed by atoms with Gasteiger partial charge in [0.1, 0.15) is 0 Å². The van der Waals surface area contributed by atoms with Gasteiger partial charge in [-0.05, 0) is 34.4 Å². The molecule has 21 heavy (non-hydrogen) atoms. The average Bonchev–Trinajstić information content (AvgIpc) is 2.47. The lowest BCUT2D eigenvalue weighted by molar-refractivity contribution is 0.284. The zero-order valence-corrected chi connectivity index (χ0v) is 14.8. The number of fused-ring (bicyclic) bond motifs is 1. The molecule has 0 aliphatic carbocycles. The number of nitrogens with zero attached hydrogens (tertiary/aromatic N) is 1. The molecule has 0 N–H and O–H groups in total. The van der Waals surface area contributed by atoms with Gasteiger partial charge in [0, 0.05) is 13.1 Å². The van der Waals surface area contributed by atoms with Crippen LogP contribution in [-0.4, -0.2) is 19.3 Å². The van der Waals surface area contributed by atoms with E-state index in [1.807, 2.05) is 12.1 Å². The molecule has 0 amide bonds. The van der Waals surface area contributed by atoms with Crippen LogP contribution in [0.15, 0.2) is 23.1 Å². The molecule has 0 saturated carbocycles. The highest BCUT2D eigenvalue weighted by Gasteiger charge is 2.36. The molecular formula is C17H27NO2S. The van der Waals surface area contributed by atoms with Gasteiger partial charge in [-0.3, -0.25) is 0 Å². The third-order valence-electron chi connectivity index (χ3n) is 3.48. The van der Waals surface area contributed by atoms with Gasteiger partial charge in [-0.2, -0.15) is 4.31 Å². The molecule has 3 nitrogen and oxygen atoms in total. The first kappa shape index (κ1) is 16.5. The van der Waals surface area contributed by atoms with Crippen LogP contribution in [0.1, 0.15) is 52.7 Å². The summed E-state index contributed by atoms with van der Waals surface area (Å²) in [6.45, 7) is 13.8. The van der Waals surface area contributed by atoms with Gasteiger partial charge < -0.3 is 0 Å². The van der Waals surface area contributed by atoms with E-state index >= 15 is 0 Å². The summed E-state index contributed by atoms with van der Waals surface area (Å²) < 4.78 is 27.0. The molecule has 0 unspecified atom stereocenters. The van der Waals surface area contributed by atoms with Crippen molar-refractivity contribution in [3.8, 4) is 0 Å². The Kier molecular flexibility index (Phi) is 4.00. The highest BCUT2D eigenvalue weighted by molar-refractivity contribution is 7.89. The van der Waals surface area contributed by atoms with Gasteiger partial charge in [0.15, 0.2) is 0 Å². The summed E-state index contributed by atoms with van der Waals surface area (Å²) in [5.74, 6) is 0. The van der Waals surface area contributed by atoms with Crippen LogP contribution in [0.4, 0.5) is 0 Å². The Morgan fingerprint density at radius 2 is 1.67 bits per heavy atom. The van der Waals surface area contributed by atoms with E-state index in [0.717, 1.165) is 17.5 Å². The third-order valence-corrected chi connectivity index (χ3v) is 5.36. The first-order chi connectivity index (χ1) is 9.38. The van der Waals surface area contributed by atoms with Crippen LogP contribution in [0.3, 0.4) is 0 Å². The minimum absolute atomic E-state index is 0.0383. The number of rotatable bonds is 2. The molecule has 0 spiro atoms. The molecule has 118 valence electrons. The lowest BCUT2D eigenvalue weighted by Crippen LogP contribution is -2.33. The number of hydrogen-bond acceptors (Lipinski definition) is 2. The van der Waals surface area contributed by atoms with Gasteiger partial charge in [0.2, 0.25) is 10.0 Å². The molecular weight excluding hydrogens is 282 g/mol. The molecule has 0 radical (unpaired) electrons. The summed E-state index contributed by atoms with van der Waals surface area (Å²) in [4.78, 5) is 0.508. The van der Waals surface area contributed by atoms with E-state index in [2.05, 4.69) is 47.6 Å². The van der Waals surface area contributed by atoms with Gasteiger partial charge in [-0.25, -0.2) is 8.42 Å². The van der Waals surface area contributed by atoms with E-state index in [1.54, 1.807) is 4.31 Å². The highest BCUT2D eigenvalue weighted by Crippen LogP contribution is 2.34. The van der Waals surface area contributed by atoms with Crippen molar-refractivity contribution in [1.82, 2.24) is 4.31 Å². The molecule has 4 heteroatoms. The standard InChI is InChI=1S/C17H27NO2S/c1-16(2,3)10-13-7-8-14-11-18(12-17(4,5)6)21(19,20)15(14)9-13/h7-9H,10-12H2,1-6H3. The van der Waals surface area contributed by atoms with E-state index < -0.39 is 10.0 Å². The van der Waals surface area contributed by atoms with Crippen molar-refractivity contribution in [1.29, 1.82) is 0 Å². The smallest absolute Gasteiger partial charge is 0.207 e. The molecule has 1 aromatic carbocycles. The van der Waals surface area contributed by atoms with Crippen LogP contribution >= 0.6 is 0 Å². The molecule has 0 bridgehead atoms. The van der Waals surface area contributed by atoms with Crippen molar-refractivity contribution in [3.05, 3.63) is 29.3 Å². The maximum atomic E-state index is 12.7. The molecule has 1 aromatic rings. The van der Waals surface area contributed by atoms with Crippen LogP contribution in [-0.2, 0) is 23.0 Å². The molecule has 1 aliphatic rings. The van der Waals surface area contributed by atoms with Gasteiger partial charge in [-0.15, -0.1) is 0 Å². The SMILES string of the molecule is CC(C)(C)Cc1ccc2c(c1)S(=O)(=O)N(CC(C)(C)C)C2. The zero-order chi connectivity index (χ0) is 16.1. The summed E-state index contributed by atoms with van der Waals surface area (Å²) >= 11 is 0. The molecule has 0 saturated heterocycles. The fourth-order valence-corrected chi connectivity index (χ4v) is 4.68. The van der Waals surface area contributed by atoms with Crippen molar-refractivity contribution in [2.75, 3.05) is 6.54 Å². The lowest BCUT2D eigenvalue weighted by Gasteiger charge is -2.24. The highest BCUT2D eigenvalue weighted by atomic mass is 32.2. The fourth-order valence-electron chi connectivity index (χ4n) is 2.78. The van der Waals surface area contributed by atoms with E-state index in [-0.39, 0.29) is 10.8 Å². The second-order valence-electron chi connectivity index (χ2n) is 8.51. The largest absolute Gasteiger partial charge is 0.243 e. The average molecular weight is 309 g/mol. The summed E-state index contributed by atoms with van der Waals surface area (Å²) in [5, 5.41) is 0. The fraction of sp³-hybridized carbons (Fsp3) is 0.647. The second-order valence-corrected chi connectivity index (χ2v) is 10.4. The van der Waals surface area contributed by atoms with Crippen LogP contribution in [0.2, 0.25) is 0 Å². The predicted octanol–water partition coefficient (Wildman–Crippen LogP) is 3.83. The second kappa shape index (κ2) is 5.10. The Hall–Kier alpha value is -0.870. The Morgan fingerprint density at radius 1 is 1.05 bits per heavy atom. The summed E-state index contributed by atoms with van der Waals surface area (Å²) in [6, 6.07) is 5.93. The predicted molar refractivity (Wildman–Crippen MR) is 86.7 cm³/mol. The Balaban J connectivity index is 2.34. The molecule has 0 atom stereocenters. The van der Waals surface area contributed by atoms with Crippen LogP contribution < -0.4 is 0 Å². The first-order valence-corrected chi connectivity index (χ1v) is 8.94. The van der Waals surface area contributed by atoms with Crippen LogP contribution in [0.5, 0.6) is 0 Å². The molecule has 2 rings (SSSR count). The number of hydrogen-bond donors (Lipinski definition) is 0. The first-order valence-electron chi connectivity index (χ1n) is 7.50. The monoisotopic (exact) mass is 309 g/mol. The molecule has 0 fully saturated rings. The summed E-state index contributed by atoms with van der Waals surface area (Å²) in [7, 11) is -3.32. The molecule has 0 aromatic heterocycles. The van der Waals surface area contributed by atoms with E-state index in [1.165, 1.54) is 0 Å². The Labute approximate surface area is 129 Å². The third kappa shape index (κ3) is 3.86. The quantitative estimate of drug-likeness (QED) is 0.832. The topological polar surface area (TPSA) is 37.4 Å². The summed E-state index contributed by atoms with van der Waals surface area (Å²) in [5.41, 5.74) is 2.14. The Morgan fingerprint density at radius 3 is 2.19 bits per heavy atom. The normalized spacial score (nSPS) is 18.8. The molecule has 1 aliphatic heterocycles. The zero-order valence-electron chi connectivity index (χ0n) is 14.0. The van der Waals surface area contributed by atoms with Crippen molar-refractivity contribution in [3.63, 3.8) is 0 Å². The van der Waals surface area contributed by atoms with Crippen LogP contribution in [0, 0.1) is 10.8 Å².